The van der Waals surface area contributed by atoms with Crippen LogP contribution < -0.4 is 0 Å². The first kappa shape index (κ1) is 14.5. The number of likely N-dealkylation sites (N-methyl/N-ethyl adjacent to an activating group) is 1. The molecule has 1 amide bonds. The average molecular weight is 277 g/mol. The third-order valence-corrected chi connectivity index (χ3v) is 3.80. The van der Waals surface area contributed by atoms with E-state index in [0.29, 0.717) is 26.1 Å². The van der Waals surface area contributed by atoms with Crippen LogP contribution in [0, 0.1) is 0 Å². The van der Waals surface area contributed by atoms with E-state index in [1.165, 1.54) is 11.9 Å². The third kappa shape index (κ3) is 2.82. The molecule has 2 rings (SSSR count). The number of aliphatic carboxylic acids is 1. The van der Waals surface area contributed by atoms with E-state index in [-0.39, 0.29) is 12.5 Å². The highest BCUT2D eigenvalue weighted by atomic mass is 16.5. The maximum atomic E-state index is 12.8. The molecule has 1 heterocycles. The van der Waals surface area contributed by atoms with Crippen LogP contribution in [-0.4, -0.2) is 48.7 Å². The van der Waals surface area contributed by atoms with Gasteiger partial charge in [-0.15, -0.1) is 0 Å². The number of carboxylic acid groups (broad SMARTS) is 1. The molecule has 5 nitrogen and oxygen atoms in total. The van der Waals surface area contributed by atoms with Gasteiger partial charge in [0.1, 0.15) is 6.54 Å². The minimum absolute atomic E-state index is 0.144. The molecule has 0 bridgehead atoms. The van der Waals surface area contributed by atoms with Gasteiger partial charge in [-0.2, -0.15) is 0 Å². The van der Waals surface area contributed by atoms with Crippen LogP contribution in [0.5, 0.6) is 0 Å². The van der Waals surface area contributed by atoms with Crippen molar-refractivity contribution in [3.8, 4) is 0 Å². The van der Waals surface area contributed by atoms with Crippen LogP contribution in [0.15, 0.2) is 30.3 Å². The molecule has 1 saturated heterocycles. The Morgan fingerprint density at radius 1 is 1.25 bits per heavy atom. The van der Waals surface area contributed by atoms with E-state index in [1.54, 1.807) is 0 Å². The van der Waals surface area contributed by atoms with Crippen molar-refractivity contribution in [3.63, 3.8) is 0 Å². The fourth-order valence-electron chi connectivity index (χ4n) is 2.74. The Morgan fingerprint density at radius 2 is 1.85 bits per heavy atom. The molecule has 1 aliphatic rings. The molecule has 20 heavy (non-hydrogen) atoms. The standard InChI is InChI=1S/C15H19NO4/c1-16(11-13(17)18)14(19)15(7-9-20-10-8-15)12-5-3-2-4-6-12/h2-6H,7-11H2,1H3,(H,17,18). The van der Waals surface area contributed by atoms with Crippen molar-refractivity contribution in [1.82, 2.24) is 4.90 Å². The monoisotopic (exact) mass is 277 g/mol. The van der Waals surface area contributed by atoms with Gasteiger partial charge in [-0.05, 0) is 18.4 Å². The van der Waals surface area contributed by atoms with Gasteiger partial charge in [0, 0.05) is 20.3 Å². The Bertz CT molecular complexity index is 480. The topological polar surface area (TPSA) is 66.8 Å². The normalized spacial score (nSPS) is 17.4. The molecule has 0 aromatic heterocycles. The van der Waals surface area contributed by atoms with E-state index in [0.717, 1.165) is 5.56 Å². The van der Waals surface area contributed by atoms with Crippen LogP contribution >= 0.6 is 0 Å². The lowest BCUT2D eigenvalue weighted by Crippen LogP contribution is -2.49. The van der Waals surface area contributed by atoms with Gasteiger partial charge in [-0.1, -0.05) is 30.3 Å². The highest BCUT2D eigenvalue weighted by molar-refractivity contribution is 5.90. The summed E-state index contributed by atoms with van der Waals surface area (Å²) in [6.45, 7) is 0.747. The third-order valence-electron chi connectivity index (χ3n) is 3.80. The van der Waals surface area contributed by atoms with E-state index >= 15 is 0 Å². The molecule has 0 spiro atoms. The number of ether oxygens (including phenoxy) is 1. The molecule has 0 aliphatic carbocycles. The van der Waals surface area contributed by atoms with Gasteiger partial charge in [0.25, 0.3) is 0 Å². The van der Waals surface area contributed by atoms with Gasteiger partial charge in [-0.3, -0.25) is 9.59 Å². The number of carbonyl (C=O) groups excluding carboxylic acids is 1. The van der Waals surface area contributed by atoms with E-state index in [4.69, 9.17) is 9.84 Å². The molecule has 1 N–H and O–H groups in total. The van der Waals surface area contributed by atoms with Gasteiger partial charge < -0.3 is 14.7 Å². The molecular weight excluding hydrogens is 258 g/mol. The maximum Gasteiger partial charge on any atom is 0.323 e. The Labute approximate surface area is 118 Å². The van der Waals surface area contributed by atoms with Gasteiger partial charge in [0.15, 0.2) is 0 Å². The summed E-state index contributed by atoms with van der Waals surface area (Å²) in [4.78, 5) is 24.9. The molecular formula is C15H19NO4. The fraction of sp³-hybridized carbons (Fsp3) is 0.467. The van der Waals surface area contributed by atoms with Crippen molar-refractivity contribution in [2.24, 2.45) is 0 Å². The highest BCUT2D eigenvalue weighted by Crippen LogP contribution is 2.36. The lowest BCUT2D eigenvalue weighted by atomic mass is 9.73. The predicted octanol–water partition coefficient (Wildman–Crippen LogP) is 1.28. The summed E-state index contributed by atoms with van der Waals surface area (Å²) in [6.07, 6.45) is 1.17. The number of rotatable bonds is 4. The largest absolute Gasteiger partial charge is 0.480 e. The van der Waals surface area contributed by atoms with Crippen molar-refractivity contribution in [1.29, 1.82) is 0 Å². The summed E-state index contributed by atoms with van der Waals surface area (Å²) in [6, 6.07) is 9.56. The van der Waals surface area contributed by atoms with Crippen LogP contribution in [0.4, 0.5) is 0 Å². The zero-order valence-electron chi connectivity index (χ0n) is 11.5. The Morgan fingerprint density at radius 3 is 2.40 bits per heavy atom. The number of carboxylic acids is 1. The number of amides is 1. The minimum Gasteiger partial charge on any atom is -0.480 e. The molecule has 0 saturated carbocycles. The number of benzene rings is 1. The molecule has 1 aromatic rings. The van der Waals surface area contributed by atoms with Gasteiger partial charge >= 0.3 is 5.97 Å². The molecule has 5 heteroatoms. The second kappa shape index (κ2) is 6.05. The zero-order chi connectivity index (χ0) is 14.6. The summed E-state index contributed by atoms with van der Waals surface area (Å²) < 4.78 is 5.37. The summed E-state index contributed by atoms with van der Waals surface area (Å²) in [7, 11) is 1.54. The zero-order valence-corrected chi connectivity index (χ0v) is 11.5. The lowest BCUT2D eigenvalue weighted by Gasteiger charge is -2.38. The molecule has 1 aliphatic heterocycles. The summed E-state index contributed by atoms with van der Waals surface area (Å²) in [5.74, 6) is -1.15. The first-order valence-electron chi connectivity index (χ1n) is 6.67. The molecule has 0 unspecified atom stereocenters. The Kier molecular flexibility index (Phi) is 4.39. The average Bonchev–Trinajstić information content (AvgIpc) is 2.47. The first-order valence-corrected chi connectivity index (χ1v) is 6.67. The quantitative estimate of drug-likeness (QED) is 0.900. The maximum absolute atomic E-state index is 12.8. The van der Waals surface area contributed by atoms with Gasteiger partial charge in [0.2, 0.25) is 5.91 Å². The van der Waals surface area contributed by atoms with Crippen molar-refractivity contribution >= 4 is 11.9 Å². The van der Waals surface area contributed by atoms with Crippen molar-refractivity contribution in [2.45, 2.75) is 18.3 Å². The Balaban J connectivity index is 2.32. The SMILES string of the molecule is CN(CC(=O)O)C(=O)C1(c2ccccc2)CCOCC1. The molecule has 1 fully saturated rings. The first-order chi connectivity index (χ1) is 9.56. The van der Waals surface area contributed by atoms with Crippen LogP contribution in [0.3, 0.4) is 0 Å². The van der Waals surface area contributed by atoms with Crippen LogP contribution in [0.2, 0.25) is 0 Å². The predicted molar refractivity (Wildman–Crippen MR) is 73.4 cm³/mol. The second-order valence-corrected chi connectivity index (χ2v) is 5.12. The molecule has 0 atom stereocenters. The van der Waals surface area contributed by atoms with Crippen LogP contribution in [0.25, 0.3) is 0 Å². The van der Waals surface area contributed by atoms with Crippen LogP contribution in [0.1, 0.15) is 18.4 Å². The highest BCUT2D eigenvalue weighted by Gasteiger charge is 2.43. The number of hydrogen-bond acceptors (Lipinski definition) is 3. The van der Waals surface area contributed by atoms with E-state index in [1.807, 2.05) is 30.3 Å². The molecule has 108 valence electrons. The summed E-state index contributed by atoms with van der Waals surface area (Å²) >= 11 is 0. The van der Waals surface area contributed by atoms with E-state index < -0.39 is 11.4 Å². The molecule has 1 aromatic carbocycles. The number of hydrogen-bond donors (Lipinski definition) is 1. The van der Waals surface area contributed by atoms with Crippen molar-refractivity contribution in [3.05, 3.63) is 35.9 Å². The van der Waals surface area contributed by atoms with Crippen molar-refractivity contribution < 1.29 is 19.4 Å². The number of carbonyl (C=O) groups is 2. The second-order valence-electron chi connectivity index (χ2n) is 5.12. The minimum atomic E-state index is -1.00. The van der Waals surface area contributed by atoms with E-state index in [9.17, 15) is 9.59 Å². The molecule has 0 radical (unpaired) electrons. The number of nitrogens with zero attached hydrogens (tertiary/aromatic N) is 1. The van der Waals surface area contributed by atoms with E-state index in [2.05, 4.69) is 0 Å². The smallest absolute Gasteiger partial charge is 0.323 e. The van der Waals surface area contributed by atoms with Gasteiger partial charge in [-0.25, -0.2) is 0 Å². The summed E-state index contributed by atoms with van der Waals surface area (Å²) in [5, 5.41) is 8.87. The van der Waals surface area contributed by atoms with Crippen molar-refractivity contribution in [2.75, 3.05) is 26.8 Å². The van der Waals surface area contributed by atoms with Gasteiger partial charge in [0.05, 0.1) is 5.41 Å². The van der Waals surface area contributed by atoms with Crippen LogP contribution in [-0.2, 0) is 19.7 Å². The fourth-order valence-corrected chi connectivity index (χ4v) is 2.74. The summed E-state index contributed by atoms with van der Waals surface area (Å²) in [5.41, 5.74) is 0.273. The Hall–Kier alpha value is -1.88. The lowest BCUT2D eigenvalue weighted by molar-refractivity contribution is -0.148.